The maximum atomic E-state index is 12.8. The van der Waals surface area contributed by atoms with Gasteiger partial charge in [0.25, 0.3) is 5.91 Å². The monoisotopic (exact) mass is 436 g/mol. The van der Waals surface area contributed by atoms with Crippen LogP contribution in [0.1, 0.15) is 47.1 Å². The molecule has 3 aromatic rings. The number of hydrogen-bond donors (Lipinski definition) is 2. The van der Waals surface area contributed by atoms with Crippen molar-refractivity contribution in [3.63, 3.8) is 0 Å². The maximum absolute atomic E-state index is 12.8. The Morgan fingerprint density at radius 3 is 2.39 bits per heavy atom. The molecular weight excluding hydrogens is 412 g/mol. The second kappa shape index (κ2) is 10.0. The highest BCUT2D eigenvalue weighted by atomic mass is 32.1. The molecular formula is C24H24N2O4S. The van der Waals surface area contributed by atoms with E-state index in [0.29, 0.717) is 27.4 Å². The van der Waals surface area contributed by atoms with Crippen molar-refractivity contribution in [3.8, 4) is 11.1 Å². The molecule has 2 N–H and O–H groups in total. The molecule has 0 aliphatic rings. The molecule has 0 fully saturated rings. The number of anilines is 2. The van der Waals surface area contributed by atoms with E-state index in [9.17, 15) is 14.4 Å². The van der Waals surface area contributed by atoms with Crippen molar-refractivity contribution < 1.29 is 19.1 Å². The predicted molar refractivity (Wildman–Crippen MR) is 124 cm³/mol. The Morgan fingerprint density at radius 1 is 1.00 bits per heavy atom. The Kier molecular flexibility index (Phi) is 7.20. The first-order valence-corrected chi connectivity index (χ1v) is 10.9. The predicted octanol–water partition coefficient (Wildman–Crippen LogP) is 5.36. The topological polar surface area (TPSA) is 84.5 Å². The van der Waals surface area contributed by atoms with Gasteiger partial charge in [-0.2, -0.15) is 0 Å². The van der Waals surface area contributed by atoms with E-state index in [2.05, 4.69) is 17.6 Å². The van der Waals surface area contributed by atoms with E-state index in [-0.39, 0.29) is 18.4 Å². The van der Waals surface area contributed by atoms with Crippen LogP contribution in [0.2, 0.25) is 0 Å². The molecule has 3 rings (SSSR count). The van der Waals surface area contributed by atoms with Gasteiger partial charge in [-0.25, -0.2) is 4.79 Å². The number of rotatable bonds is 7. The molecule has 160 valence electrons. The SMILES string of the molecule is CCOC(=O)c1c(-c2ccc(CC)cc2)csc1NC(=O)c1cccc(NC(C)=O)c1. The first-order valence-electron chi connectivity index (χ1n) is 9.99. The third-order valence-electron chi connectivity index (χ3n) is 4.62. The van der Waals surface area contributed by atoms with Crippen LogP contribution in [0.3, 0.4) is 0 Å². The minimum Gasteiger partial charge on any atom is -0.462 e. The molecule has 0 bridgehead atoms. The zero-order chi connectivity index (χ0) is 22.4. The molecule has 0 aliphatic carbocycles. The highest BCUT2D eigenvalue weighted by Crippen LogP contribution is 2.36. The van der Waals surface area contributed by atoms with E-state index in [0.717, 1.165) is 12.0 Å². The van der Waals surface area contributed by atoms with Gasteiger partial charge >= 0.3 is 5.97 Å². The van der Waals surface area contributed by atoms with Crippen molar-refractivity contribution in [2.45, 2.75) is 27.2 Å². The van der Waals surface area contributed by atoms with E-state index in [1.165, 1.54) is 23.8 Å². The van der Waals surface area contributed by atoms with Gasteiger partial charge in [0.2, 0.25) is 5.91 Å². The Labute approximate surface area is 185 Å². The summed E-state index contributed by atoms with van der Waals surface area (Å²) in [4.78, 5) is 36.9. The summed E-state index contributed by atoms with van der Waals surface area (Å²) in [5, 5.41) is 7.74. The minimum absolute atomic E-state index is 0.223. The fraction of sp³-hybridized carbons (Fsp3) is 0.208. The first-order chi connectivity index (χ1) is 14.9. The molecule has 0 saturated heterocycles. The molecule has 1 aromatic heterocycles. The zero-order valence-electron chi connectivity index (χ0n) is 17.7. The van der Waals surface area contributed by atoms with Crippen LogP contribution in [-0.2, 0) is 16.0 Å². The number of amides is 2. The van der Waals surface area contributed by atoms with Crippen LogP contribution in [-0.4, -0.2) is 24.4 Å². The molecule has 0 aliphatic heterocycles. The summed E-state index contributed by atoms with van der Waals surface area (Å²) in [6.07, 6.45) is 0.924. The molecule has 1 heterocycles. The summed E-state index contributed by atoms with van der Waals surface area (Å²) in [5.74, 6) is -1.09. The molecule has 0 unspecified atom stereocenters. The van der Waals surface area contributed by atoms with Crippen LogP contribution >= 0.6 is 11.3 Å². The Balaban J connectivity index is 1.93. The van der Waals surface area contributed by atoms with Crippen molar-refractivity contribution in [3.05, 3.63) is 70.6 Å². The quantitative estimate of drug-likeness (QED) is 0.488. The first kappa shape index (κ1) is 22.2. The van der Waals surface area contributed by atoms with Crippen LogP contribution in [0.15, 0.2) is 53.9 Å². The van der Waals surface area contributed by atoms with Gasteiger partial charge in [0.05, 0.1) is 6.61 Å². The third-order valence-corrected chi connectivity index (χ3v) is 5.51. The lowest BCUT2D eigenvalue weighted by molar-refractivity contribution is -0.114. The van der Waals surface area contributed by atoms with E-state index in [1.54, 1.807) is 31.2 Å². The van der Waals surface area contributed by atoms with Crippen LogP contribution in [0.25, 0.3) is 11.1 Å². The number of nitrogens with one attached hydrogen (secondary N) is 2. The number of aryl methyl sites for hydroxylation is 1. The fourth-order valence-corrected chi connectivity index (χ4v) is 4.06. The van der Waals surface area contributed by atoms with E-state index in [1.807, 2.05) is 29.6 Å². The standard InChI is InChI=1S/C24H24N2O4S/c1-4-16-9-11-17(12-10-16)20-14-31-23(21(20)24(29)30-5-2)26-22(28)18-7-6-8-19(13-18)25-15(3)27/h6-14H,4-5H2,1-3H3,(H,25,27)(H,26,28). The normalized spacial score (nSPS) is 10.4. The average molecular weight is 437 g/mol. The molecule has 0 saturated carbocycles. The lowest BCUT2D eigenvalue weighted by atomic mass is 10.0. The zero-order valence-corrected chi connectivity index (χ0v) is 18.5. The average Bonchev–Trinajstić information content (AvgIpc) is 3.17. The fourth-order valence-electron chi connectivity index (χ4n) is 3.11. The highest BCUT2D eigenvalue weighted by Gasteiger charge is 2.23. The second-order valence-corrected chi connectivity index (χ2v) is 7.72. The Morgan fingerprint density at radius 2 is 1.74 bits per heavy atom. The van der Waals surface area contributed by atoms with Gasteiger partial charge in [0.1, 0.15) is 10.6 Å². The third kappa shape index (κ3) is 5.38. The van der Waals surface area contributed by atoms with E-state index < -0.39 is 5.97 Å². The number of benzene rings is 2. The molecule has 0 spiro atoms. The van der Waals surface area contributed by atoms with Crippen molar-refractivity contribution in [2.24, 2.45) is 0 Å². The number of carbonyl (C=O) groups excluding carboxylic acids is 3. The summed E-state index contributed by atoms with van der Waals surface area (Å²) < 4.78 is 5.25. The smallest absolute Gasteiger partial charge is 0.341 e. The van der Waals surface area contributed by atoms with Gasteiger partial charge < -0.3 is 15.4 Å². The van der Waals surface area contributed by atoms with Crippen LogP contribution < -0.4 is 10.6 Å². The van der Waals surface area contributed by atoms with Gasteiger partial charge in [0.15, 0.2) is 0 Å². The van der Waals surface area contributed by atoms with Crippen molar-refractivity contribution in [1.82, 2.24) is 0 Å². The summed E-state index contributed by atoms with van der Waals surface area (Å²) >= 11 is 1.27. The van der Waals surface area contributed by atoms with Crippen LogP contribution in [0.5, 0.6) is 0 Å². The number of ether oxygens (including phenoxy) is 1. The second-order valence-electron chi connectivity index (χ2n) is 6.84. The van der Waals surface area contributed by atoms with Crippen LogP contribution in [0.4, 0.5) is 10.7 Å². The van der Waals surface area contributed by atoms with Gasteiger partial charge in [0, 0.05) is 29.1 Å². The summed E-state index contributed by atoms with van der Waals surface area (Å²) in [7, 11) is 0. The van der Waals surface area contributed by atoms with E-state index in [4.69, 9.17) is 4.74 Å². The maximum Gasteiger partial charge on any atom is 0.341 e. The highest BCUT2D eigenvalue weighted by molar-refractivity contribution is 7.15. The number of hydrogen-bond acceptors (Lipinski definition) is 5. The summed E-state index contributed by atoms with van der Waals surface area (Å²) in [6.45, 7) is 5.46. The largest absolute Gasteiger partial charge is 0.462 e. The summed E-state index contributed by atoms with van der Waals surface area (Å²) in [6, 6.07) is 14.6. The molecule has 7 heteroatoms. The molecule has 6 nitrogen and oxygen atoms in total. The Hall–Kier alpha value is -3.45. The van der Waals surface area contributed by atoms with Gasteiger partial charge in [-0.05, 0) is 42.7 Å². The van der Waals surface area contributed by atoms with Gasteiger partial charge in [-0.15, -0.1) is 11.3 Å². The lowest BCUT2D eigenvalue weighted by Gasteiger charge is -2.10. The molecule has 0 radical (unpaired) electrons. The van der Waals surface area contributed by atoms with Gasteiger partial charge in [-0.3, -0.25) is 9.59 Å². The van der Waals surface area contributed by atoms with Crippen molar-refractivity contribution in [1.29, 1.82) is 0 Å². The van der Waals surface area contributed by atoms with E-state index >= 15 is 0 Å². The molecule has 0 atom stereocenters. The van der Waals surface area contributed by atoms with Crippen LogP contribution in [0, 0.1) is 0 Å². The molecule has 2 amide bonds. The van der Waals surface area contributed by atoms with Crippen molar-refractivity contribution >= 4 is 39.8 Å². The van der Waals surface area contributed by atoms with Crippen molar-refractivity contribution in [2.75, 3.05) is 17.2 Å². The lowest BCUT2D eigenvalue weighted by Crippen LogP contribution is -2.15. The number of thiophene rings is 1. The Bertz CT molecular complexity index is 1100. The number of esters is 1. The molecule has 2 aromatic carbocycles. The number of carbonyl (C=O) groups is 3. The molecule has 31 heavy (non-hydrogen) atoms. The van der Waals surface area contributed by atoms with Gasteiger partial charge in [-0.1, -0.05) is 37.3 Å². The minimum atomic E-state index is -0.486. The summed E-state index contributed by atoms with van der Waals surface area (Å²) in [5.41, 5.74) is 4.02.